The highest BCUT2D eigenvalue weighted by molar-refractivity contribution is 5.78. The van der Waals surface area contributed by atoms with E-state index in [2.05, 4.69) is 29.7 Å². The topological polar surface area (TPSA) is 41.1 Å². The minimum absolute atomic E-state index is 0.0365. The zero-order chi connectivity index (χ0) is 12.8. The lowest BCUT2D eigenvalue weighted by atomic mass is 10.0. The van der Waals surface area contributed by atoms with E-state index >= 15 is 0 Å². The molecule has 1 amide bonds. The first-order valence-corrected chi connectivity index (χ1v) is 6.09. The lowest BCUT2D eigenvalue weighted by Crippen LogP contribution is -2.38. The first-order chi connectivity index (χ1) is 8.00. The van der Waals surface area contributed by atoms with Crippen LogP contribution in [0.25, 0.3) is 0 Å². The van der Waals surface area contributed by atoms with Crippen LogP contribution in [0, 0.1) is 6.92 Å². The van der Waals surface area contributed by atoms with Crippen LogP contribution in [0.3, 0.4) is 0 Å². The quantitative estimate of drug-likeness (QED) is 0.820. The Bertz CT molecular complexity index is 374. The molecule has 0 fully saturated rings. The van der Waals surface area contributed by atoms with Gasteiger partial charge in [0.15, 0.2) is 0 Å². The Hall–Kier alpha value is -1.35. The number of hydrogen-bond acceptors (Lipinski definition) is 2. The number of amides is 1. The zero-order valence-corrected chi connectivity index (χ0v) is 11.1. The van der Waals surface area contributed by atoms with Crippen LogP contribution in [-0.4, -0.2) is 18.5 Å². The van der Waals surface area contributed by atoms with Gasteiger partial charge < -0.3 is 10.6 Å². The highest BCUT2D eigenvalue weighted by Gasteiger charge is 2.10. The molecule has 3 heteroatoms. The van der Waals surface area contributed by atoms with Crippen LogP contribution in [0.5, 0.6) is 0 Å². The van der Waals surface area contributed by atoms with Crippen molar-refractivity contribution in [1.82, 2.24) is 10.6 Å². The van der Waals surface area contributed by atoms with E-state index in [1.54, 1.807) is 0 Å². The first-order valence-electron chi connectivity index (χ1n) is 6.09. The molecule has 0 aromatic heterocycles. The van der Waals surface area contributed by atoms with Gasteiger partial charge in [-0.1, -0.05) is 38.1 Å². The lowest BCUT2D eigenvalue weighted by molar-refractivity contribution is -0.121. The molecule has 17 heavy (non-hydrogen) atoms. The van der Waals surface area contributed by atoms with E-state index in [0.29, 0.717) is 12.6 Å². The predicted molar refractivity (Wildman–Crippen MR) is 70.9 cm³/mol. The second kappa shape index (κ2) is 6.40. The van der Waals surface area contributed by atoms with Gasteiger partial charge in [0.05, 0.1) is 12.6 Å². The SMILES string of the molecule is Cc1ccccc1C(C)NC(=O)CNC(C)C. The number of carbonyl (C=O) groups excluding carboxylic acids is 1. The van der Waals surface area contributed by atoms with Gasteiger partial charge in [0.25, 0.3) is 0 Å². The Balaban J connectivity index is 2.52. The molecule has 0 aliphatic heterocycles. The molecule has 1 unspecified atom stereocenters. The van der Waals surface area contributed by atoms with Gasteiger partial charge in [0, 0.05) is 6.04 Å². The van der Waals surface area contributed by atoms with E-state index < -0.39 is 0 Å². The summed E-state index contributed by atoms with van der Waals surface area (Å²) >= 11 is 0. The molecule has 1 aromatic carbocycles. The van der Waals surface area contributed by atoms with Gasteiger partial charge in [-0.25, -0.2) is 0 Å². The fraction of sp³-hybridized carbons (Fsp3) is 0.500. The van der Waals surface area contributed by atoms with Crippen LogP contribution < -0.4 is 10.6 Å². The van der Waals surface area contributed by atoms with Crippen molar-refractivity contribution in [2.24, 2.45) is 0 Å². The minimum Gasteiger partial charge on any atom is -0.348 e. The highest BCUT2D eigenvalue weighted by atomic mass is 16.1. The Morgan fingerprint density at radius 3 is 2.47 bits per heavy atom. The standard InChI is InChI=1S/C14H22N2O/c1-10(2)15-9-14(17)16-12(4)13-8-6-5-7-11(13)3/h5-8,10,12,15H,9H2,1-4H3,(H,16,17). The van der Waals surface area contributed by atoms with Gasteiger partial charge in [-0.3, -0.25) is 4.79 Å². The Morgan fingerprint density at radius 1 is 1.24 bits per heavy atom. The van der Waals surface area contributed by atoms with Crippen LogP contribution in [0.1, 0.15) is 37.9 Å². The molecule has 0 spiro atoms. The van der Waals surface area contributed by atoms with Crippen LogP contribution in [0.15, 0.2) is 24.3 Å². The van der Waals surface area contributed by atoms with Crippen LogP contribution in [-0.2, 0) is 4.79 Å². The van der Waals surface area contributed by atoms with E-state index in [1.807, 2.05) is 32.9 Å². The van der Waals surface area contributed by atoms with Gasteiger partial charge >= 0.3 is 0 Å². The maximum atomic E-state index is 11.7. The third-order valence-corrected chi connectivity index (χ3v) is 2.70. The van der Waals surface area contributed by atoms with E-state index in [4.69, 9.17) is 0 Å². The van der Waals surface area contributed by atoms with Crippen molar-refractivity contribution in [3.63, 3.8) is 0 Å². The Labute approximate surface area is 104 Å². The van der Waals surface area contributed by atoms with Crippen molar-refractivity contribution in [3.8, 4) is 0 Å². The molecule has 0 bridgehead atoms. The average Bonchev–Trinajstić information content (AvgIpc) is 2.26. The summed E-state index contributed by atoms with van der Waals surface area (Å²) < 4.78 is 0. The number of hydrogen-bond donors (Lipinski definition) is 2. The number of carbonyl (C=O) groups is 1. The summed E-state index contributed by atoms with van der Waals surface area (Å²) in [4.78, 5) is 11.7. The van der Waals surface area contributed by atoms with E-state index in [0.717, 1.165) is 0 Å². The van der Waals surface area contributed by atoms with Gasteiger partial charge in [0.1, 0.15) is 0 Å². The van der Waals surface area contributed by atoms with Crippen LogP contribution in [0.2, 0.25) is 0 Å². The molecule has 0 aliphatic rings. The summed E-state index contributed by atoms with van der Waals surface area (Å²) in [5.41, 5.74) is 2.38. The van der Waals surface area contributed by atoms with Gasteiger partial charge in [-0.15, -0.1) is 0 Å². The summed E-state index contributed by atoms with van der Waals surface area (Å²) in [6.45, 7) is 8.49. The summed E-state index contributed by atoms with van der Waals surface area (Å²) in [7, 11) is 0. The van der Waals surface area contributed by atoms with E-state index in [-0.39, 0.29) is 11.9 Å². The molecule has 3 nitrogen and oxygen atoms in total. The molecule has 2 N–H and O–H groups in total. The van der Waals surface area contributed by atoms with Crippen molar-refractivity contribution >= 4 is 5.91 Å². The summed E-state index contributed by atoms with van der Waals surface area (Å²) in [5, 5.41) is 6.10. The lowest BCUT2D eigenvalue weighted by Gasteiger charge is -2.17. The number of rotatable bonds is 5. The molecule has 94 valence electrons. The molecule has 0 aliphatic carbocycles. The van der Waals surface area contributed by atoms with Crippen molar-refractivity contribution in [2.45, 2.75) is 39.8 Å². The van der Waals surface area contributed by atoms with Crippen LogP contribution in [0.4, 0.5) is 0 Å². The second-order valence-electron chi connectivity index (χ2n) is 4.68. The normalized spacial score (nSPS) is 12.5. The number of nitrogens with one attached hydrogen (secondary N) is 2. The third-order valence-electron chi connectivity index (χ3n) is 2.70. The first kappa shape index (κ1) is 13.7. The molecule has 1 rings (SSSR count). The zero-order valence-electron chi connectivity index (χ0n) is 11.1. The highest BCUT2D eigenvalue weighted by Crippen LogP contribution is 2.16. The van der Waals surface area contributed by atoms with E-state index in [9.17, 15) is 4.79 Å². The summed E-state index contributed by atoms with van der Waals surface area (Å²) in [6.07, 6.45) is 0. The Morgan fingerprint density at radius 2 is 1.88 bits per heavy atom. The van der Waals surface area contributed by atoms with Crippen LogP contribution >= 0.6 is 0 Å². The summed E-state index contributed by atoms with van der Waals surface area (Å²) in [5.74, 6) is 0.0365. The molecule has 0 saturated heterocycles. The average molecular weight is 234 g/mol. The maximum absolute atomic E-state index is 11.7. The van der Waals surface area contributed by atoms with Crippen molar-refractivity contribution in [3.05, 3.63) is 35.4 Å². The molecule has 0 saturated carbocycles. The van der Waals surface area contributed by atoms with Gasteiger partial charge in [-0.2, -0.15) is 0 Å². The fourth-order valence-corrected chi connectivity index (χ4v) is 1.74. The molecular formula is C14H22N2O. The smallest absolute Gasteiger partial charge is 0.234 e. The molecular weight excluding hydrogens is 212 g/mol. The number of aryl methyl sites for hydroxylation is 1. The van der Waals surface area contributed by atoms with Gasteiger partial charge in [-0.05, 0) is 25.0 Å². The van der Waals surface area contributed by atoms with Crippen molar-refractivity contribution < 1.29 is 4.79 Å². The Kier molecular flexibility index (Phi) is 5.16. The van der Waals surface area contributed by atoms with Gasteiger partial charge in [0.2, 0.25) is 5.91 Å². The molecule has 0 radical (unpaired) electrons. The molecule has 1 atom stereocenters. The minimum atomic E-state index is 0.0365. The number of benzene rings is 1. The van der Waals surface area contributed by atoms with E-state index in [1.165, 1.54) is 11.1 Å². The monoisotopic (exact) mass is 234 g/mol. The second-order valence-corrected chi connectivity index (χ2v) is 4.68. The van der Waals surface area contributed by atoms with Crippen molar-refractivity contribution in [2.75, 3.05) is 6.54 Å². The summed E-state index contributed by atoms with van der Waals surface area (Å²) in [6, 6.07) is 8.50. The molecule has 0 heterocycles. The maximum Gasteiger partial charge on any atom is 0.234 e. The molecule has 1 aromatic rings. The third kappa shape index (κ3) is 4.57. The fourth-order valence-electron chi connectivity index (χ4n) is 1.74. The largest absolute Gasteiger partial charge is 0.348 e. The predicted octanol–water partition coefficient (Wildman–Crippen LogP) is 2.17. The van der Waals surface area contributed by atoms with Crippen molar-refractivity contribution in [1.29, 1.82) is 0 Å².